The largest absolute Gasteiger partial charge is 0.371 e. The van der Waals surface area contributed by atoms with Gasteiger partial charge in [-0.1, -0.05) is 26.0 Å². The fourth-order valence-electron chi connectivity index (χ4n) is 3.66. The molecule has 6 heteroatoms. The molecule has 0 unspecified atom stereocenters. The summed E-state index contributed by atoms with van der Waals surface area (Å²) in [5.74, 6) is -0.100. The monoisotopic (exact) mass is 408 g/mol. The summed E-state index contributed by atoms with van der Waals surface area (Å²) in [5.41, 5.74) is 4.09. The number of anilines is 3. The normalized spacial score (nSPS) is 13.6. The highest BCUT2D eigenvalue weighted by atomic mass is 16.2. The summed E-state index contributed by atoms with van der Waals surface area (Å²) in [6.45, 7) is 6.66. The number of hydrogen-bond donors (Lipinski definition) is 3. The van der Waals surface area contributed by atoms with Gasteiger partial charge in [-0.3, -0.25) is 4.79 Å². The van der Waals surface area contributed by atoms with Crippen LogP contribution in [-0.4, -0.2) is 31.6 Å². The first kappa shape index (κ1) is 21.7. The molecule has 3 rings (SSSR count). The van der Waals surface area contributed by atoms with Crippen LogP contribution in [0.3, 0.4) is 0 Å². The number of amides is 3. The average Bonchev–Trinajstić information content (AvgIpc) is 2.78. The van der Waals surface area contributed by atoms with Crippen LogP contribution in [0.15, 0.2) is 42.5 Å². The predicted octanol–water partition coefficient (Wildman–Crippen LogP) is 5.02. The van der Waals surface area contributed by atoms with Crippen molar-refractivity contribution in [3.8, 4) is 0 Å². The first-order chi connectivity index (χ1) is 14.6. The van der Waals surface area contributed by atoms with Gasteiger partial charge in [0.1, 0.15) is 0 Å². The van der Waals surface area contributed by atoms with Gasteiger partial charge in [0.2, 0.25) is 0 Å². The van der Waals surface area contributed by atoms with E-state index in [9.17, 15) is 9.59 Å². The van der Waals surface area contributed by atoms with E-state index in [4.69, 9.17) is 0 Å². The van der Waals surface area contributed by atoms with E-state index >= 15 is 0 Å². The second-order valence-corrected chi connectivity index (χ2v) is 7.67. The van der Waals surface area contributed by atoms with Crippen molar-refractivity contribution in [3.05, 3.63) is 53.6 Å². The van der Waals surface area contributed by atoms with E-state index < -0.39 is 0 Å². The Morgan fingerprint density at radius 2 is 1.57 bits per heavy atom. The van der Waals surface area contributed by atoms with Crippen LogP contribution >= 0.6 is 0 Å². The molecular formula is C24H32N4O2. The summed E-state index contributed by atoms with van der Waals surface area (Å²) in [6, 6.07) is 13.0. The number of aryl methyl sites for hydroxylation is 1. The fraction of sp³-hybridized carbons (Fsp3) is 0.417. The first-order valence-electron chi connectivity index (χ1n) is 10.9. The van der Waals surface area contributed by atoms with Crippen molar-refractivity contribution in [3.63, 3.8) is 0 Å². The van der Waals surface area contributed by atoms with Crippen LogP contribution in [0.1, 0.15) is 55.5 Å². The number of piperidine rings is 1. The highest BCUT2D eigenvalue weighted by Gasteiger charge is 2.19. The Bertz CT molecular complexity index is 858. The Labute approximate surface area is 179 Å². The van der Waals surface area contributed by atoms with Crippen LogP contribution in [0.5, 0.6) is 0 Å². The molecule has 1 heterocycles. The minimum absolute atomic E-state index is 0.100. The minimum atomic E-state index is -0.329. The molecule has 0 aliphatic carbocycles. The lowest BCUT2D eigenvalue weighted by Gasteiger charge is -2.30. The standard InChI is InChI=1S/C24H32N4O2/c1-3-14-25-23(29)21-17-20(12-13-22(21)28-15-6-5-7-16-28)27-24(30)26-19-10-8-18(4-2)9-11-19/h8-13,17H,3-7,14-16H2,1-2H3,(H,25,29)(H2,26,27,30). The van der Waals surface area contributed by atoms with Gasteiger partial charge in [0, 0.05) is 36.7 Å². The Morgan fingerprint density at radius 3 is 2.23 bits per heavy atom. The molecule has 3 amide bonds. The second kappa shape index (κ2) is 10.7. The lowest BCUT2D eigenvalue weighted by atomic mass is 10.1. The van der Waals surface area contributed by atoms with E-state index in [-0.39, 0.29) is 11.9 Å². The quantitative estimate of drug-likeness (QED) is 0.602. The van der Waals surface area contributed by atoms with Gasteiger partial charge in [-0.15, -0.1) is 0 Å². The van der Waals surface area contributed by atoms with Crippen molar-refractivity contribution in [2.24, 2.45) is 0 Å². The van der Waals surface area contributed by atoms with Crippen molar-refractivity contribution in [2.75, 3.05) is 35.2 Å². The number of nitrogens with one attached hydrogen (secondary N) is 3. The van der Waals surface area contributed by atoms with E-state index in [0.717, 1.165) is 50.1 Å². The highest BCUT2D eigenvalue weighted by Crippen LogP contribution is 2.27. The van der Waals surface area contributed by atoms with Crippen LogP contribution in [0.2, 0.25) is 0 Å². The third-order valence-corrected chi connectivity index (χ3v) is 5.35. The lowest BCUT2D eigenvalue weighted by molar-refractivity contribution is 0.0954. The number of rotatable bonds is 7. The van der Waals surface area contributed by atoms with Crippen molar-refractivity contribution in [2.45, 2.75) is 46.0 Å². The van der Waals surface area contributed by atoms with Gasteiger partial charge in [0.25, 0.3) is 5.91 Å². The van der Waals surface area contributed by atoms with Gasteiger partial charge in [-0.2, -0.15) is 0 Å². The zero-order valence-electron chi connectivity index (χ0n) is 18.0. The van der Waals surface area contributed by atoms with Crippen molar-refractivity contribution in [1.29, 1.82) is 0 Å². The van der Waals surface area contributed by atoms with Gasteiger partial charge in [0.15, 0.2) is 0 Å². The molecule has 0 atom stereocenters. The molecule has 6 nitrogen and oxygen atoms in total. The second-order valence-electron chi connectivity index (χ2n) is 7.67. The molecule has 2 aromatic carbocycles. The number of carbonyl (C=O) groups excluding carboxylic acids is 2. The predicted molar refractivity (Wildman–Crippen MR) is 124 cm³/mol. The van der Waals surface area contributed by atoms with Crippen LogP contribution in [0, 0.1) is 0 Å². The van der Waals surface area contributed by atoms with Crippen LogP contribution in [0.25, 0.3) is 0 Å². The Kier molecular flexibility index (Phi) is 7.71. The molecule has 1 aliphatic heterocycles. The number of hydrogen-bond acceptors (Lipinski definition) is 3. The number of nitrogens with zero attached hydrogens (tertiary/aromatic N) is 1. The Balaban J connectivity index is 1.74. The number of benzene rings is 2. The van der Waals surface area contributed by atoms with Crippen LogP contribution in [-0.2, 0) is 6.42 Å². The lowest BCUT2D eigenvalue weighted by Crippen LogP contribution is -2.33. The van der Waals surface area contributed by atoms with E-state index in [1.54, 1.807) is 6.07 Å². The smallest absolute Gasteiger partial charge is 0.323 e. The third kappa shape index (κ3) is 5.75. The number of urea groups is 1. The van der Waals surface area contributed by atoms with Gasteiger partial charge in [-0.25, -0.2) is 4.79 Å². The van der Waals surface area contributed by atoms with E-state index in [0.29, 0.717) is 17.8 Å². The van der Waals surface area contributed by atoms with Crippen LogP contribution in [0.4, 0.5) is 21.9 Å². The third-order valence-electron chi connectivity index (χ3n) is 5.35. The van der Waals surface area contributed by atoms with Gasteiger partial charge in [-0.05, 0) is 68.0 Å². The van der Waals surface area contributed by atoms with E-state index in [1.165, 1.54) is 12.0 Å². The molecule has 1 fully saturated rings. The van der Waals surface area contributed by atoms with Crippen LogP contribution < -0.4 is 20.9 Å². The maximum absolute atomic E-state index is 12.8. The van der Waals surface area contributed by atoms with Crippen molar-refractivity contribution < 1.29 is 9.59 Å². The van der Waals surface area contributed by atoms with Gasteiger partial charge < -0.3 is 20.9 Å². The molecule has 1 saturated heterocycles. The molecule has 160 valence electrons. The molecule has 0 radical (unpaired) electrons. The zero-order valence-corrected chi connectivity index (χ0v) is 18.0. The summed E-state index contributed by atoms with van der Waals surface area (Å²) in [7, 11) is 0. The molecule has 1 aliphatic rings. The van der Waals surface area contributed by atoms with E-state index in [1.807, 2.05) is 43.3 Å². The molecule has 0 spiro atoms. The SMILES string of the molecule is CCCNC(=O)c1cc(NC(=O)Nc2ccc(CC)cc2)ccc1N1CCCCC1. The zero-order chi connectivity index (χ0) is 21.3. The number of carbonyl (C=O) groups is 2. The molecule has 0 aromatic heterocycles. The topological polar surface area (TPSA) is 73.5 Å². The maximum atomic E-state index is 12.8. The van der Waals surface area contributed by atoms with Crippen molar-refractivity contribution >= 4 is 29.0 Å². The molecular weight excluding hydrogens is 376 g/mol. The average molecular weight is 409 g/mol. The summed E-state index contributed by atoms with van der Waals surface area (Å²) in [4.78, 5) is 27.5. The van der Waals surface area contributed by atoms with Gasteiger partial charge >= 0.3 is 6.03 Å². The van der Waals surface area contributed by atoms with Gasteiger partial charge in [0.05, 0.1) is 5.56 Å². The fourth-order valence-corrected chi connectivity index (χ4v) is 3.66. The first-order valence-corrected chi connectivity index (χ1v) is 10.9. The summed E-state index contributed by atoms with van der Waals surface area (Å²) in [5, 5.41) is 8.66. The summed E-state index contributed by atoms with van der Waals surface area (Å²) >= 11 is 0. The molecule has 3 N–H and O–H groups in total. The molecule has 2 aromatic rings. The highest BCUT2D eigenvalue weighted by molar-refractivity contribution is 6.04. The van der Waals surface area contributed by atoms with Crippen molar-refractivity contribution in [1.82, 2.24) is 5.32 Å². The Morgan fingerprint density at radius 1 is 0.900 bits per heavy atom. The van der Waals surface area contributed by atoms with E-state index in [2.05, 4.69) is 27.8 Å². The molecule has 0 bridgehead atoms. The maximum Gasteiger partial charge on any atom is 0.323 e. The summed E-state index contributed by atoms with van der Waals surface area (Å²) in [6.07, 6.45) is 5.33. The molecule has 30 heavy (non-hydrogen) atoms. The summed E-state index contributed by atoms with van der Waals surface area (Å²) < 4.78 is 0. The molecule has 0 saturated carbocycles. The Hall–Kier alpha value is -3.02. The minimum Gasteiger partial charge on any atom is -0.371 e.